The second kappa shape index (κ2) is 8.02. The third kappa shape index (κ3) is 4.73. The lowest BCUT2D eigenvalue weighted by Gasteiger charge is -2.07. The van der Waals surface area contributed by atoms with E-state index in [0.717, 1.165) is 11.3 Å². The van der Waals surface area contributed by atoms with Gasteiger partial charge in [-0.3, -0.25) is 9.59 Å². The lowest BCUT2D eigenvalue weighted by molar-refractivity contribution is -0.115. The number of nitrogens with one attached hydrogen (secondary N) is 2. The van der Waals surface area contributed by atoms with Crippen molar-refractivity contribution in [3.8, 4) is 0 Å². The zero-order chi connectivity index (χ0) is 18.4. The van der Waals surface area contributed by atoms with Gasteiger partial charge in [-0.2, -0.15) is 0 Å². The van der Waals surface area contributed by atoms with E-state index >= 15 is 0 Å². The van der Waals surface area contributed by atoms with Crippen LogP contribution in [0.4, 0.5) is 17.3 Å². The van der Waals surface area contributed by atoms with Crippen molar-refractivity contribution < 1.29 is 9.59 Å². The van der Waals surface area contributed by atoms with Crippen molar-refractivity contribution in [2.24, 2.45) is 0 Å². The van der Waals surface area contributed by atoms with E-state index in [2.05, 4.69) is 20.8 Å². The highest BCUT2D eigenvalue weighted by Gasteiger charge is 2.06. The molecule has 0 saturated heterocycles. The van der Waals surface area contributed by atoms with Gasteiger partial charge in [0.1, 0.15) is 0 Å². The lowest BCUT2D eigenvalue weighted by Crippen LogP contribution is -2.15. The maximum atomic E-state index is 12.0. The van der Waals surface area contributed by atoms with Gasteiger partial charge in [-0.1, -0.05) is 42.5 Å². The highest BCUT2D eigenvalue weighted by atomic mass is 16.1. The van der Waals surface area contributed by atoms with Crippen molar-refractivity contribution in [2.75, 3.05) is 10.6 Å². The zero-order valence-electron chi connectivity index (χ0n) is 14.3. The Morgan fingerprint density at radius 2 is 1.62 bits per heavy atom. The summed E-state index contributed by atoms with van der Waals surface area (Å²) in [7, 11) is 0. The summed E-state index contributed by atoms with van der Waals surface area (Å²) in [4.78, 5) is 23.5. The molecule has 6 nitrogen and oxygen atoms in total. The Morgan fingerprint density at radius 3 is 2.31 bits per heavy atom. The summed E-state index contributed by atoms with van der Waals surface area (Å²) >= 11 is 0. The summed E-state index contributed by atoms with van der Waals surface area (Å²) in [5, 5.41) is 13.9. The molecule has 130 valence electrons. The molecule has 0 atom stereocenters. The van der Waals surface area contributed by atoms with Crippen LogP contribution in [0.3, 0.4) is 0 Å². The van der Waals surface area contributed by atoms with E-state index in [4.69, 9.17) is 0 Å². The Morgan fingerprint density at radius 1 is 0.885 bits per heavy atom. The first-order valence-corrected chi connectivity index (χ1v) is 8.16. The number of Topliss-reactive ketones (excluding diaryl/α,β-unsaturated/α-hetero) is 1. The largest absolute Gasteiger partial charge is 0.339 e. The molecule has 2 N–H and O–H groups in total. The number of amides is 1. The molecule has 3 aromatic rings. The molecule has 1 aromatic heterocycles. The minimum atomic E-state index is -0.152. The lowest BCUT2D eigenvalue weighted by atomic mass is 10.1. The zero-order valence-corrected chi connectivity index (χ0v) is 14.3. The topological polar surface area (TPSA) is 84.0 Å². The molecule has 0 bridgehead atoms. The van der Waals surface area contributed by atoms with Crippen molar-refractivity contribution in [1.82, 2.24) is 10.2 Å². The number of hydrogen-bond acceptors (Lipinski definition) is 5. The van der Waals surface area contributed by atoms with Gasteiger partial charge >= 0.3 is 0 Å². The van der Waals surface area contributed by atoms with E-state index < -0.39 is 0 Å². The van der Waals surface area contributed by atoms with Crippen LogP contribution in [-0.2, 0) is 11.2 Å². The van der Waals surface area contributed by atoms with Gasteiger partial charge in [-0.15, -0.1) is 10.2 Å². The first kappa shape index (κ1) is 17.3. The van der Waals surface area contributed by atoms with Crippen molar-refractivity contribution >= 4 is 29.0 Å². The van der Waals surface area contributed by atoms with Crippen molar-refractivity contribution in [1.29, 1.82) is 0 Å². The van der Waals surface area contributed by atoms with Crippen molar-refractivity contribution in [2.45, 2.75) is 13.3 Å². The molecule has 0 radical (unpaired) electrons. The summed E-state index contributed by atoms with van der Waals surface area (Å²) in [5.41, 5.74) is 2.29. The predicted octanol–water partition coefficient (Wildman–Crippen LogP) is 3.60. The standard InChI is InChI=1S/C20H18N4O2/c1-14(25)16-8-5-9-17(13-16)21-18-10-11-19(24-23-18)22-20(26)12-15-6-3-2-4-7-15/h2-11,13H,12H2,1H3,(H,21,23)(H,22,24,26). The van der Waals surface area contributed by atoms with E-state index in [-0.39, 0.29) is 18.1 Å². The molecule has 0 unspecified atom stereocenters. The van der Waals surface area contributed by atoms with Gasteiger partial charge < -0.3 is 10.6 Å². The number of carbonyl (C=O) groups excluding carboxylic acids is 2. The molecule has 1 amide bonds. The van der Waals surface area contributed by atoms with Gasteiger partial charge in [0, 0.05) is 11.3 Å². The van der Waals surface area contributed by atoms with Crippen LogP contribution < -0.4 is 10.6 Å². The molecule has 0 aliphatic heterocycles. The SMILES string of the molecule is CC(=O)c1cccc(Nc2ccc(NC(=O)Cc3ccccc3)nn2)c1. The van der Waals surface area contributed by atoms with Crippen molar-refractivity contribution in [3.63, 3.8) is 0 Å². The van der Waals surface area contributed by atoms with Crippen LogP contribution in [0.2, 0.25) is 0 Å². The summed E-state index contributed by atoms with van der Waals surface area (Å²) in [6, 6.07) is 20.0. The van der Waals surface area contributed by atoms with E-state index in [0.29, 0.717) is 17.2 Å². The first-order chi connectivity index (χ1) is 12.6. The Labute approximate surface area is 151 Å². The van der Waals surface area contributed by atoms with Crippen LogP contribution in [-0.4, -0.2) is 21.9 Å². The molecule has 26 heavy (non-hydrogen) atoms. The fraction of sp³-hybridized carbons (Fsp3) is 0.100. The van der Waals surface area contributed by atoms with Crippen molar-refractivity contribution in [3.05, 3.63) is 77.9 Å². The Kier molecular flexibility index (Phi) is 5.34. The first-order valence-electron chi connectivity index (χ1n) is 8.16. The smallest absolute Gasteiger partial charge is 0.229 e. The molecule has 3 rings (SSSR count). The molecule has 0 aliphatic carbocycles. The number of carbonyl (C=O) groups is 2. The summed E-state index contributed by atoms with van der Waals surface area (Å²) < 4.78 is 0. The van der Waals surface area contributed by atoms with Gasteiger partial charge in [0.15, 0.2) is 17.4 Å². The summed E-state index contributed by atoms with van der Waals surface area (Å²) in [6.45, 7) is 1.52. The van der Waals surface area contributed by atoms with Crippen LogP contribution in [0.25, 0.3) is 0 Å². The number of aromatic nitrogens is 2. The van der Waals surface area contributed by atoms with E-state index in [9.17, 15) is 9.59 Å². The van der Waals surface area contributed by atoms with Gasteiger partial charge in [0.2, 0.25) is 5.91 Å². The fourth-order valence-corrected chi connectivity index (χ4v) is 2.40. The number of benzene rings is 2. The van der Waals surface area contributed by atoms with Crippen LogP contribution in [0.1, 0.15) is 22.8 Å². The van der Waals surface area contributed by atoms with E-state index in [1.54, 1.807) is 30.3 Å². The maximum absolute atomic E-state index is 12.0. The Bertz CT molecular complexity index is 909. The van der Waals surface area contributed by atoms with E-state index in [1.807, 2.05) is 36.4 Å². The summed E-state index contributed by atoms with van der Waals surface area (Å²) in [6.07, 6.45) is 0.278. The van der Waals surface area contributed by atoms with Crippen LogP contribution in [0.5, 0.6) is 0 Å². The number of anilines is 3. The molecule has 0 aliphatic rings. The highest BCUT2D eigenvalue weighted by Crippen LogP contribution is 2.17. The average Bonchev–Trinajstić information content (AvgIpc) is 2.64. The molecular formula is C20H18N4O2. The monoisotopic (exact) mass is 346 g/mol. The second-order valence-electron chi connectivity index (χ2n) is 5.78. The molecule has 0 fully saturated rings. The van der Waals surface area contributed by atoms with Gasteiger partial charge in [-0.25, -0.2) is 0 Å². The normalized spacial score (nSPS) is 10.2. The van der Waals surface area contributed by atoms with Crippen LogP contribution in [0.15, 0.2) is 66.7 Å². The number of hydrogen-bond donors (Lipinski definition) is 2. The molecular weight excluding hydrogens is 328 g/mol. The van der Waals surface area contributed by atoms with Gasteiger partial charge in [0.05, 0.1) is 6.42 Å². The third-order valence-electron chi connectivity index (χ3n) is 3.68. The summed E-state index contributed by atoms with van der Waals surface area (Å²) in [5.74, 6) is 0.748. The second-order valence-corrected chi connectivity index (χ2v) is 5.78. The predicted molar refractivity (Wildman–Crippen MR) is 101 cm³/mol. The number of rotatable bonds is 6. The molecule has 6 heteroatoms. The molecule has 0 saturated carbocycles. The molecule has 2 aromatic carbocycles. The van der Waals surface area contributed by atoms with Gasteiger partial charge in [0.25, 0.3) is 0 Å². The Balaban J connectivity index is 1.60. The average molecular weight is 346 g/mol. The molecule has 1 heterocycles. The number of ketones is 1. The molecule has 0 spiro atoms. The minimum absolute atomic E-state index is 0.00351. The van der Waals surface area contributed by atoms with E-state index in [1.165, 1.54) is 6.92 Å². The minimum Gasteiger partial charge on any atom is -0.339 e. The quantitative estimate of drug-likeness (QED) is 0.666. The third-order valence-corrected chi connectivity index (χ3v) is 3.68. The number of nitrogens with zero attached hydrogens (tertiary/aromatic N) is 2. The van der Waals surface area contributed by atoms with Gasteiger partial charge in [-0.05, 0) is 36.8 Å². The van der Waals surface area contributed by atoms with Crippen LogP contribution >= 0.6 is 0 Å². The Hall–Kier alpha value is -3.54. The van der Waals surface area contributed by atoms with Crippen LogP contribution in [0, 0.1) is 0 Å². The highest BCUT2D eigenvalue weighted by molar-refractivity contribution is 5.95. The maximum Gasteiger partial charge on any atom is 0.229 e. The fourth-order valence-electron chi connectivity index (χ4n) is 2.40.